The molecule has 2 bridgehead atoms. The fourth-order valence-electron chi connectivity index (χ4n) is 7.65. The Kier molecular flexibility index (Phi) is 9.37. The summed E-state index contributed by atoms with van der Waals surface area (Å²) < 4.78 is 24.0. The maximum atomic E-state index is 13.5. The van der Waals surface area contributed by atoms with Crippen LogP contribution < -0.4 is 0 Å². The van der Waals surface area contributed by atoms with Crippen LogP contribution in [0, 0.1) is 22.7 Å². The summed E-state index contributed by atoms with van der Waals surface area (Å²) >= 11 is 0. The summed E-state index contributed by atoms with van der Waals surface area (Å²) in [4.78, 5) is 64.4. The summed E-state index contributed by atoms with van der Waals surface area (Å²) in [5.74, 6) is -3.76. The largest absolute Gasteiger partial charge is 0.462 e. The molecule has 3 aliphatic rings. The molecule has 4 rings (SSSR count). The molecule has 1 aromatic rings. The van der Waals surface area contributed by atoms with E-state index in [-0.39, 0.29) is 12.2 Å². The van der Waals surface area contributed by atoms with E-state index < -0.39 is 71.0 Å². The number of ether oxygens (including phenoxy) is 4. The Balaban J connectivity index is 1.86. The van der Waals surface area contributed by atoms with Crippen molar-refractivity contribution in [3.8, 4) is 0 Å². The lowest BCUT2D eigenvalue weighted by molar-refractivity contribution is -0.202. The van der Waals surface area contributed by atoms with Gasteiger partial charge in [-0.15, -0.1) is 0 Å². The molecular formula is C35H42O9. The predicted octanol–water partition coefficient (Wildman–Crippen LogP) is 5.32. The van der Waals surface area contributed by atoms with E-state index in [0.29, 0.717) is 29.6 Å². The summed E-state index contributed by atoms with van der Waals surface area (Å²) in [7, 11) is 0. The maximum Gasteiger partial charge on any atom is 0.331 e. The van der Waals surface area contributed by atoms with Crippen molar-refractivity contribution in [3.05, 3.63) is 65.3 Å². The minimum absolute atomic E-state index is 0.0788. The van der Waals surface area contributed by atoms with Crippen LogP contribution >= 0.6 is 0 Å². The lowest BCUT2D eigenvalue weighted by Gasteiger charge is -2.59. The molecule has 1 aromatic carbocycles. The van der Waals surface area contributed by atoms with E-state index in [0.717, 1.165) is 5.56 Å². The molecule has 236 valence electrons. The number of ketones is 1. The van der Waals surface area contributed by atoms with Gasteiger partial charge < -0.3 is 18.9 Å². The molecule has 0 heterocycles. The van der Waals surface area contributed by atoms with Crippen LogP contribution in [0.1, 0.15) is 73.3 Å². The van der Waals surface area contributed by atoms with E-state index in [1.807, 2.05) is 51.1 Å². The highest BCUT2D eigenvalue weighted by Gasteiger charge is 2.64. The molecular weight excluding hydrogens is 564 g/mol. The molecule has 0 saturated heterocycles. The van der Waals surface area contributed by atoms with Crippen molar-refractivity contribution in [1.29, 1.82) is 0 Å². The number of carbonyl (C=O) groups excluding carboxylic acids is 5. The third kappa shape index (κ3) is 6.28. The van der Waals surface area contributed by atoms with E-state index in [1.54, 1.807) is 13.0 Å². The Hall–Kier alpha value is -4.01. The van der Waals surface area contributed by atoms with E-state index in [1.165, 1.54) is 26.8 Å². The molecule has 0 amide bonds. The van der Waals surface area contributed by atoms with Gasteiger partial charge in [0.25, 0.3) is 0 Å². The van der Waals surface area contributed by atoms with E-state index >= 15 is 0 Å². The summed E-state index contributed by atoms with van der Waals surface area (Å²) in [5, 5.41) is 0. The molecule has 0 radical (unpaired) electrons. The van der Waals surface area contributed by atoms with Crippen LogP contribution in [-0.4, -0.2) is 54.1 Å². The smallest absolute Gasteiger partial charge is 0.331 e. The number of hydrogen-bond acceptors (Lipinski definition) is 9. The third-order valence-electron chi connectivity index (χ3n) is 9.61. The van der Waals surface area contributed by atoms with Gasteiger partial charge in [-0.2, -0.15) is 0 Å². The molecule has 0 aliphatic heterocycles. The van der Waals surface area contributed by atoms with Gasteiger partial charge >= 0.3 is 23.9 Å². The number of fused-ring (bicyclic) bond motifs is 3. The number of allylic oxidation sites excluding steroid dienone is 1. The topological polar surface area (TPSA) is 122 Å². The molecule has 9 heteroatoms. The van der Waals surface area contributed by atoms with Crippen molar-refractivity contribution < 1.29 is 42.9 Å². The maximum absolute atomic E-state index is 13.5. The van der Waals surface area contributed by atoms with Crippen LogP contribution in [-0.2, 0) is 42.9 Å². The van der Waals surface area contributed by atoms with Crippen LogP contribution in [0.2, 0.25) is 0 Å². The number of Topliss-reactive ketones (excluding diaryl/α,β-unsaturated/α-hetero) is 1. The van der Waals surface area contributed by atoms with Gasteiger partial charge in [0.15, 0.2) is 11.9 Å². The highest BCUT2D eigenvalue weighted by molar-refractivity contribution is 5.97. The van der Waals surface area contributed by atoms with Crippen LogP contribution in [0.25, 0.3) is 6.08 Å². The number of carbonyl (C=O) groups is 5. The molecule has 9 nitrogen and oxygen atoms in total. The summed E-state index contributed by atoms with van der Waals surface area (Å²) in [6.07, 6.45) is -0.0137. The Bertz CT molecular complexity index is 1420. The van der Waals surface area contributed by atoms with Crippen LogP contribution in [0.5, 0.6) is 0 Å². The highest BCUT2D eigenvalue weighted by Crippen LogP contribution is 2.60. The molecule has 7 atom stereocenters. The predicted molar refractivity (Wildman–Crippen MR) is 162 cm³/mol. The lowest BCUT2D eigenvalue weighted by Crippen LogP contribution is -2.64. The molecule has 0 spiro atoms. The minimum atomic E-state index is -1.08. The molecule has 44 heavy (non-hydrogen) atoms. The van der Waals surface area contributed by atoms with Crippen LogP contribution in [0.15, 0.2) is 59.7 Å². The number of esters is 4. The fourth-order valence-corrected chi connectivity index (χ4v) is 7.65. The van der Waals surface area contributed by atoms with Gasteiger partial charge in [-0.3, -0.25) is 19.2 Å². The molecule has 0 N–H and O–H groups in total. The monoisotopic (exact) mass is 606 g/mol. The summed E-state index contributed by atoms with van der Waals surface area (Å²) in [5.41, 5.74) is 0.459. The van der Waals surface area contributed by atoms with Gasteiger partial charge in [-0.25, -0.2) is 4.79 Å². The minimum Gasteiger partial charge on any atom is -0.462 e. The summed E-state index contributed by atoms with van der Waals surface area (Å²) in [6.45, 7) is 15.6. The van der Waals surface area contributed by atoms with E-state index in [9.17, 15) is 24.0 Å². The number of hydrogen-bond donors (Lipinski definition) is 0. The zero-order valence-electron chi connectivity index (χ0n) is 26.5. The van der Waals surface area contributed by atoms with Crippen molar-refractivity contribution in [3.63, 3.8) is 0 Å². The Morgan fingerprint density at radius 3 is 2.11 bits per heavy atom. The number of benzene rings is 1. The molecule has 2 fully saturated rings. The van der Waals surface area contributed by atoms with Crippen LogP contribution in [0.3, 0.4) is 0 Å². The van der Waals surface area contributed by atoms with Gasteiger partial charge in [-0.1, -0.05) is 57.7 Å². The lowest BCUT2D eigenvalue weighted by atomic mass is 9.49. The Morgan fingerprint density at radius 2 is 1.52 bits per heavy atom. The second-order valence-electron chi connectivity index (χ2n) is 12.9. The number of rotatable bonds is 6. The zero-order valence-corrected chi connectivity index (χ0v) is 26.5. The summed E-state index contributed by atoms with van der Waals surface area (Å²) in [6, 6.07) is 9.32. The normalized spacial score (nSPS) is 31.3. The van der Waals surface area contributed by atoms with E-state index in [2.05, 4.69) is 6.58 Å². The first-order chi connectivity index (χ1) is 20.6. The first kappa shape index (κ1) is 32.9. The van der Waals surface area contributed by atoms with Crippen molar-refractivity contribution in [2.24, 2.45) is 22.7 Å². The Morgan fingerprint density at radius 1 is 0.909 bits per heavy atom. The fraction of sp³-hybridized carbons (Fsp3) is 0.514. The zero-order chi connectivity index (χ0) is 32.6. The molecule has 0 unspecified atom stereocenters. The van der Waals surface area contributed by atoms with Crippen molar-refractivity contribution >= 4 is 35.7 Å². The van der Waals surface area contributed by atoms with Crippen molar-refractivity contribution in [1.82, 2.24) is 0 Å². The van der Waals surface area contributed by atoms with Crippen molar-refractivity contribution in [2.45, 2.75) is 92.1 Å². The van der Waals surface area contributed by atoms with Gasteiger partial charge in [0.05, 0.1) is 0 Å². The third-order valence-corrected chi connectivity index (χ3v) is 9.61. The molecule has 0 aromatic heterocycles. The molecule has 3 aliphatic carbocycles. The first-order valence-electron chi connectivity index (χ1n) is 15.0. The first-order valence-corrected chi connectivity index (χ1v) is 15.0. The van der Waals surface area contributed by atoms with Crippen molar-refractivity contribution in [2.75, 3.05) is 0 Å². The van der Waals surface area contributed by atoms with Gasteiger partial charge in [0, 0.05) is 50.5 Å². The average Bonchev–Trinajstić information content (AvgIpc) is 2.93. The van der Waals surface area contributed by atoms with E-state index in [4.69, 9.17) is 18.9 Å². The SMILES string of the molecule is C=C1[C@@H](OC(=O)C=Cc2ccccc2)CC[C@@]2(C)[C@@H](OC(C)=O)[C@H](OC(C)=O)C3=C(C)C(=O)C[C@@H]([C@@H](OC(C)=O)[C@H]12)C3(C)C. The Labute approximate surface area is 258 Å². The second kappa shape index (κ2) is 12.5. The highest BCUT2D eigenvalue weighted by atomic mass is 16.6. The second-order valence-corrected chi connectivity index (χ2v) is 12.9. The standard InChI is InChI=1S/C35H42O9/c1-19-26(39)18-25-31(41-21(3)36)30-20(2)27(44-28(40)15-14-24-12-10-9-11-13-24)16-17-35(30,8)33(43-23(5)38)32(42-22(4)37)29(19)34(25,6)7/h9-15,25,27,30-33H,2,16-18H2,1,3-8H3/t25-,27-,30-,31+,32+,33-,35+/m0/s1. The van der Waals surface area contributed by atoms with Gasteiger partial charge in [0.1, 0.15) is 18.3 Å². The van der Waals surface area contributed by atoms with Gasteiger partial charge in [0.2, 0.25) is 0 Å². The average molecular weight is 607 g/mol. The quantitative estimate of drug-likeness (QED) is 0.183. The molecule has 2 saturated carbocycles. The van der Waals surface area contributed by atoms with Crippen LogP contribution in [0.4, 0.5) is 0 Å². The van der Waals surface area contributed by atoms with Gasteiger partial charge in [-0.05, 0) is 53.5 Å².